The summed E-state index contributed by atoms with van der Waals surface area (Å²) in [5, 5.41) is 6.60. The molecule has 4 nitrogen and oxygen atoms in total. The standard InChI is InChI=1S/C16H23N3O/c1-12(20)18-15-5-3-2-4-14(15)10-17-16-11-19-8-6-13(16)7-9-19/h2-5,13,16-17H,6-11H2,1H3,(H,18,20). The summed E-state index contributed by atoms with van der Waals surface area (Å²) in [6.45, 7) is 6.09. The molecule has 3 saturated heterocycles. The van der Waals surface area contributed by atoms with Crippen LogP contribution in [-0.2, 0) is 11.3 Å². The van der Waals surface area contributed by atoms with Crippen molar-refractivity contribution in [3.63, 3.8) is 0 Å². The van der Waals surface area contributed by atoms with Gasteiger partial charge in [-0.1, -0.05) is 18.2 Å². The van der Waals surface area contributed by atoms with Crippen LogP contribution in [-0.4, -0.2) is 36.5 Å². The number of amides is 1. The van der Waals surface area contributed by atoms with Crippen molar-refractivity contribution in [2.24, 2.45) is 5.92 Å². The second-order valence-corrected chi connectivity index (χ2v) is 5.96. The highest BCUT2D eigenvalue weighted by molar-refractivity contribution is 5.89. The summed E-state index contributed by atoms with van der Waals surface area (Å²) < 4.78 is 0. The molecule has 4 rings (SSSR count). The number of piperidine rings is 3. The van der Waals surface area contributed by atoms with E-state index in [9.17, 15) is 4.79 Å². The molecule has 0 aliphatic carbocycles. The van der Waals surface area contributed by atoms with Crippen LogP contribution in [0.4, 0.5) is 5.69 Å². The van der Waals surface area contributed by atoms with Gasteiger partial charge in [0.2, 0.25) is 5.91 Å². The SMILES string of the molecule is CC(=O)Nc1ccccc1CNC1CN2CCC1CC2. The number of benzene rings is 1. The van der Waals surface area contributed by atoms with Crippen LogP contribution in [0.25, 0.3) is 0 Å². The maximum Gasteiger partial charge on any atom is 0.221 e. The number of rotatable bonds is 4. The molecule has 1 atom stereocenters. The van der Waals surface area contributed by atoms with Gasteiger partial charge in [0, 0.05) is 31.7 Å². The minimum atomic E-state index is -0.0136. The number of para-hydroxylation sites is 1. The number of carbonyl (C=O) groups is 1. The van der Waals surface area contributed by atoms with Gasteiger partial charge in [-0.3, -0.25) is 4.79 Å². The van der Waals surface area contributed by atoms with Crippen molar-refractivity contribution >= 4 is 11.6 Å². The monoisotopic (exact) mass is 273 g/mol. The summed E-state index contributed by atoms with van der Waals surface area (Å²) in [6, 6.07) is 8.64. The zero-order chi connectivity index (χ0) is 13.9. The third-order valence-electron chi connectivity index (χ3n) is 4.54. The predicted molar refractivity (Wildman–Crippen MR) is 80.5 cm³/mol. The topological polar surface area (TPSA) is 44.4 Å². The third-order valence-corrected chi connectivity index (χ3v) is 4.54. The van der Waals surface area contributed by atoms with E-state index in [1.54, 1.807) is 6.92 Å². The van der Waals surface area contributed by atoms with E-state index in [-0.39, 0.29) is 5.91 Å². The molecule has 1 amide bonds. The van der Waals surface area contributed by atoms with Crippen LogP contribution in [0, 0.1) is 5.92 Å². The number of nitrogens with zero attached hydrogens (tertiary/aromatic N) is 1. The van der Waals surface area contributed by atoms with E-state index in [2.05, 4.69) is 21.6 Å². The Bertz CT molecular complexity index is 480. The number of carbonyl (C=O) groups excluding carboxylic acids is 1. The molecule has 3 aliphatic rings. The molecule has 0 saturated carbocycles. The summed E-state index contributed by atoms with van der Waals surface area (Å²) in [5.74, 6) is 0.813. The first-order valence-electron chi connectivity index (χ1n) is 7.53. The second-order valence-electron chi connectivity index (χ2n) is 5.96. The molecular formula is C16H23N3O. The maximum atomic E-state index is 11.2. The largest absolute Gasteiger partial charge is 0.326 e. The van der Waals surface area contributed by atoms with E-state index in [1.807, 2.05) is 18.2 Å². The molecule has 2 bridgehead atoms. The van der Waals surface area contributed by atoms with E-state index >= 15 is 0 Å². The predicted octanol–water partition coefficient (Wildman–Crippen LogP) is 1.83. The lowest BCUT2D eigenvalue weighted by molar-refractivity contribution is -0.114. The summed E-state index contributed by atoms with van der Waals surface area (Å²) >= 11 is 0. The molecule has 108 valence electrons. The summed E-state index contributed by atoms with van der Waals surface area (Å²) in [7, 11) is 0. The van der Waals surface area contributed by atoms with Crippen molar-refractivity contribution in [1.29, 1.82) is 0 Å². The molecule has 4 heteroatoms. The number of hydrogen-bond donors (Lipinski definition) is 2. The smallest absolute Gasteiger partial charge is 0.221 e. The number of anilines is 1. The van der Waals surface area contributed by atoms with Crippen molar-refractivity contribution in [3.05, 3.63) is 29.8 Å². The highest BCUT2D eigenvalue weighted by Gasteiger charge is 2.33. The lowest BCUT2D eigenvalue weighted by atomic mass is 9.84. The van der Waals surface area contributed by atoms with E-state index < -0.39 is 0 Å². The van der Waals surface area contributed by atoms with E-state index in [0.717, 1.165) is 18.2 Å². The van der Waals surface area contributed by atoms with Crippen LogP contribution >= 0.6 is 0 Å². The van der Waals surface area contributed by atoms with Gasteiger partial charge in [0.05, 0.1) is 0 Å². The Balaban J connectivity index is 1.62. The van der Waals surface area contributed by atoms with Crippen LogP contribution in [0.5, 0.6) is 0 Å². The molecular weight excluding hydrogens is 250 g/mol. The van der Waals surface area contributed by atoms with Crippen molar-refractivity contribution in [1.82, 2.24) is 10.2 Å². The van der Waals surface area contributed by atoms with Crippen LogP contribution in [0.1, 0.15) is 25.3 Å². The van der Waals surface area contributed by atoms with Crippen LogP contribution in [0.15, 0.2) is 24.3 Å². The first-order valence-corrected chi connectivity index (χ1v) is 7.53. The summed E-state index contributed by atoms with van der Waals surface area (Å²) in [6.07, 6.45) is 2.65. The first kappa shape index (κ1) is 13.6. The van der Waals surface area contributed by atoms with Gasteiger partial charge >= 0.3 is 0 Å². The van der Waals surface area contributed by atoms with Gasteiger partial charge in [-0.2, -0.15) is 0 Å². The van der Waals surface area contributed by atoms with Crippen LogP contribution < -0.4 is 10.6 Å². The van der Waals surface area contributed by atoms with Gasteiger partial charge in [-0.25, -0.2) is 0 Å². The number of hydrogen-bond acceptors (Lipinski definition) is 3. The van der Waals surface area contributed by atoms with Gasteiger partial charge in [0.1, 0.15) is 0 Å². The minimum Gasteiger partial charge on any atom is -0.326 e. The molecule has 0 spiro atoms. The molecule has 3 fully saturated rings. The fraction of sp³-hybridized carbons (Fsp3) is 0.562. The normalized spacial score (nSPS) is 28.4. The second kappa shape index (κ2) is 5.94. The molecule has 0 aromatic heterocycles. The fourth-order valence-corrected chi connectivity index (χ4v) is 3.42. The summed E-state index contributed by atoms with van der Waals surface area (Å²) in [5.41, 5.74) is 2.09. The van der Waals surface area contributed by atoms with Crippen molar-refractivity contribution in [2.45, 2.75) is 32.4 Å². The molecule has 3 aliphatic heterocycles. The maximum absolute atomic E-state index is 11.2. The lowest BCUT2D eigenvalue weighted by Crippen LogP contribution is -2.55. The molecule has 20 heavy (non-hydrogen) atoms. The van der Waals surface area contributed by atoms with E-state index in [4.69, 9.17) is 0 Å². The van der Waals surface area contributed by atoms with Crippen molar-refractivity contribution < 1.29 is 4.79 Å². The van der Waals surface area contributed by atoms with Gasteiger partial charge in [0.25, 0.3) is 0 Å². The Morgan fingerprint density at radius 2 is 2.05 bits per heavy atom. The van der Waals surface area contributed by atoms with Gasteiger partial charge in [0.15, 0.2) is 0 Å². The van der Waals surface area contributed by atoms with Crippen molar-refractivity contribution in [2.75, 3.05) is 25.0 Å². The van der Waals surface area contributed by atoms with Gasteiger partial charge in [-0.05, 0) is 43.5 Å². The Morgan fingerprint density at radius 1 is 1.30 bits per heavy atom. The molecule has 1 unspecified atom stereocenters. The molecule has 1 aromatic carbocycles. The third kappa shape index (κ3) is 3.02. The Hall–Kier alpha value is -1.39. The average molecular weight is 273 g/mol. The zero-order valence-corrected chi connectivity index (χ0v) is 12.1. The first-order chi connectivity index (χ1) is 9.72. The Kier molecular flexibility index (Phi) is 4.03. The molecule has 1 aromatic rings. The zero-order valence-electron chi connectivity index (χ0n) is 12.1. The minimum absolute atomic E-state index is 0.0136. The lowest BCUT2D eigenvalue weighted by Gasteiger charge is -2.45. The van der Waals surface area contributed by atoms with Crippen molar-refractivity contribution in [3.8, 4) is 0 Å². The van der Waals surface area contributed by atoms with E-state index in [1.165, 1.54) is 38.0 Å². The number of fused-ring (bicyclic) bond motifs is 3. The highest BCUT2D eigenvalue weighted by atomic mass is 16.1. The number of nitrogens with one attached hydrogen (secondary N) is 2. The molecule has 3 heterocycles. The molecule has 2 N–H and O–H groups in total. The fourth-order valence-electron chi connectivity index (χ4n) is 3.42. The quantitative estimate of drug-likeness (QED) is 0.879. The highest BCUT2D eigenvalue weighted by Crippen LogP contribution is 2.28. The van der Waals surface area contributed by atoms with E-state index in [0.29, 0.717) is 6.04 Å². The van der Waals surface area contributed by atoms with Crippen LogP contribution in [0.3, 0.4) is 0 Å². The van der Waals surface area contributed by atoms with Gasteiger partial charge < -0.3 is 15.5 Å². The van der Waals surface area contributed by atoms with Crippen LogP contribution in [0.2, 0.25) is 0 Å². The molecule has 0 radical (unpaired) electrons. The van der Waals surface area contributed by atoms with Gasteiger partial charge in [-0.15, -0.1) is 0 Å². The summed E-state index contributed by atoms with van der Waals surface area (Å²) in [4.78, 5) is 13.8. The Labute approximate surface area is 120 Å². The Morgan fingerprint density at radius 3 is 2.70 bits per heavy atom. The average Bonchev–Trinajstić information content (AvgIpc) is 2.47.